The number of piperazine rings is 1. The van der Waals surface area contributed by atoms with Crippen LogP contribution in [0, 0.1) is 6.92 Å². The third-order valence-electron chi connectivity index (χ3n) is 7.64. The Bertz CT molecular complexity index is 1620. The van der Waals surface area contributed by atoms with Crippen molar-refractivity contribution >= 4 is 34.5 Å². The topological polar surface area (TPSA) is 135 Å². The van der Waals surface area contributed by atoms with Crippen molar-refractivity contribution in [1.82, 2.24) is 24.2 Å². The summed E-state index contributed by atoms with van der Waals surface area (Å²) in [4.78, 5) is 55.4. The molecule has 12 heteroatoms. The molecule has 0 radical (unpaired) electrons. The molecule has 0 spiro atoms. The van der Waals surface area contributed by atoms with Gasteiger partial charge in [0.1, 0.15) is 11.2 Å². The van der Waals surface area contributed by atoms with Crippen molar-refractivity contribution in [3.63, 3.8) is 0 Å². The molecule has 1 saturated carbocycles. The van der Waals surface area contributed by atoms with Gasteiger partial charge in [-0.25, -0.2) is 9.78 Å². The summed E-state index contributed by atoms with van der Waals surface area (Å²) in [5.41, 5.74) is 1.30. The molecule has 0 atom stereocenters. The molecule has 4 heterocycles. The van der Waals surface area contributed by atoms with Crippen LogP contribution >= 0.6 is 0 Å². The zero-order valence-electron chi connectivity index (χ0n) is 24.3. The van der Waals surface area contributed by atoms with Gasteiger partial charge in [-0.05, 0) is 65.2 Å². The van der Waals surface area contributed by atoms with Crippen LogP contribution < -0.4 is 15.9 Å². The predicted molar refractivity (Wildman–Crippen MR) is 153 cm³/mol. The Hall–Kier alpha value is -4.22. The van der Waals surface area contributed by atoms with Crippen molar-refractivity contribution in [3.05, 3.63) is 51.5 Å². The Morgan fingerprint density at radius 2 is 1.78 bits per heavy atom. The van der Waals surface area contributed by atoms with Gasteiger partial charge in [0.2, 0.25) is 0 Å². The second-order valence-corrected chi connectivity index (χ2v) is 11.7. The molecule has 1 aliphatic carbocycles. The molecule has 2 aliphatic rings. The van der Waals surface area contributed by atoms with E-state index in [-0.39, 0.29) is 40.5 Å². The largest absolute Gasteiger partial charge is 0.444 e. The number of Topliss-reactive ketones (excluding diaryl/α,β-unsaturated/α-hetero) is 1. The first kappa shape index (κ1) is 28.3. The van der Waals surface area contributed by atoms with Gasteiger partial charge in [-0.1, -0.05) is 12.8 Å². The van der Waals surface area contributed by atoms with Gasteiger partial charge in [0.25, 0.3) is 11.5 Å². The molecule has 41 heavy (non-hydrogen) atoms. The number of pyridine rings is 2. The van der Waals surface area contributed by atoms with Gasteiger partial charge >= 0.3 is 6.09 Å². The lowest BCUT2D eigenvalue weighted by molar-refractivity contribution is 0.0240. The van der Waals surface area contributed by atoms with Gasteiger partial charge < -0.3 is 19.7 Å². The number of rotatable bonds is 4. The first-order valence-corrected chi connectivity index (χ1v) is 14.1. The summed E-state index contributed by atoms with van der Waals surface area (Å²) in [7, 11) is 0. The van der Waals surface area contributed by atoms with Crippen LogP contribution in [0.15, 0.2) is 34.3 Å². The third-order valence-corrected chi connectivity index (χ3v) is 7.64. The van der Waals surface area contributed by atoms with Crippen LogP contribution in [0.4, 0.5) is 16.4 Å². The number of aryl methyl sites for hydroxylation is 1. The SMILES string of the molecule is CC(=O)c1c(C)c2cnc(N=c3ccc(N4CCN(C(=O)OC(C)(C)C)CC4)cn3O)nc2n(C2CCCC2)c1=O. The van der Waals surface area contributed by atoms with Crippen LogP contribution in [0.1, 0.15) is 75.3 Å². The molecule has 1 saturated heterocycles. The predicted octanol–water partition coefficient (Wildman–Crippen LogP) is 3.75. The van der Waals surface area contributed by atoms with Crippen LogP contribution in [0.5, 0.6) is 0 Å². The second-order valence-electron chi connectivity index (χ2n) is 11.7. The lowest BCUT2D eigenvalue weighted by atomic mass is 10.0. The van der Waals surface area contributed by atoms with E-state index in [1.165, 1.54) is 6.92 Å². The number of anilines is 1. The molecule has 0 bridgehead atoms. The normalized spacial score (nSPS) is 17.0. The van der Waals surface area contributed by atoms with Gasteiger partial charge in [0.15, 0.2) is 11.3 Å². The van der Waals surface area contributed by atoms with Gasteiger partial charge in [-0.3, -0.25) is 14.2 Å². The number of fused-ring (bicyclic) bond motifs is 1. The fourth-order valence-electron chi connectivity index (χ4n) is 5.62. The molecule has 1 N–H and O–H groups in total. The first-order valence-electron chi connectivity index (χ1n) is 14.1. The average Bonchev–Trinajstić information content (AvgIpc) is 3.43. The maximum absolute atomic E-state index is 13.4. The fraction of sp³-hybridized carbons (Fsp3) is 0.517. The molecule has 1 aliphatic heterocycles. The zero-order valence-corrected chi connectivity index (χ0v) is 24.3. The van der Waals surface area contributed by atoms with Crippen LogP contribution in [0.25, 0.3) is 11.0 Å². The van der Waals surface area contributed by atoms with Crippen molar-refractivity contribution in [3.8, 4) is 0 Å². The smallest absolute Gasteiger partial charge is 0.410 e. The molecule has 0 unspecified atom stereocenters. The molecule has 218 valence electrons. The minimum absolute atomic E-state index is 0.0377. The standard InChI is InChI=1S/C29H37N7O5/c1-18-22-16-30-27(32-25(22)36(20-8-6-7-9-20)26(38)24(18)19(2)37)31-23-11-10-21(17-35(23)40)33-12-14-34(15-13-33)28(39)41-29(3,4)5/h10-11,16-17,20,40H,6-9,12-15H2,1-5H3. The summed E-state index contributed by atoms with van der Waals surface area (Å²) in [6.45, 7) is 10.9. The Morgan fingerprint density at radius 1 is 1.10 bits per heavy atom. The number of carbonyl (C=O) groups is 2. The third kappa shape index (κ3) is 5.82. The number of amides is 1. The molecule has 0 aromatic carbocycles. The Morgan fingerprint density at radius 3 is 2.39 bits per heavy atom. The summed E-state index contributed by atoms with van der Waals surface area (Å²) in [5, 5.41) is 11.4. The number of nitrogens with zero attached hydrogens (tertiary/aromatic N) is 7. The first-order chi connectivity index (χ1) is 19.4. The summed E-state index contributed by atoms with van der Waals surface area (Å²) in [6.07, 6.45) is 6.53. The Labute approximate surface area is 237 Å². The summed E-state index contributed by atoms with van der Waals surface area (Å²) in [5.74, 6) is -0.178. The number of carbonyl (C=O) groups excluding carboxylic acids is 2. The number of hydrogen-bond acceptors (Lipinski definition) is 9. The molecule has 12 nitrogen and oxygen atoms in total. The van der Waals surface area contributed by atoms with Crippen molar-refractivity contribution < 1.29 is 19.5 Å². The molecule has 1 amide bonds. The number of ether oxygens (including phenoxy) is 1. The molecule has 2 fully saturated rings. The highest BCUT2D eigenvalue weighted by Crippen LogP contribution is 2.32. The maximum atomic E-state index is 13.4. The van der Waals surface area contributed by atoms with Gasteiger partial charge in [0.05, 0.1) is 17.4 Å². The van der Waals surface area contributed by atoms with Crippen LogP contribution in [-0.4, -0.2) is 73.0 Å². The second kappa shape index (κ2) is 11.0. The van der Waals surface area contributed by atoms with E-state index >= 15 is 0 Å². The van der Waals surface area contributed by atoms with E-state index in [1.54, 1.807) is 34.9 Å². The minimum atomic E-state index is -0.547. The minimum Gasteiger partial charge on any atom is -0.444 e. The highest BCUT2D eigenvalue weighted by atomic mass is 16.6. The van der Waals surface area contributed by atoms with E-state index in [1.807, 2.05) is 26.8 Å². The van der Waals surface area contributed by atoms with Crippen molar-refractivity contribution in [2.24, 2.45) is 4.99 Å². The average molecular weight is 564 g/mol. The van der Waals surface area contributed by atoms with Crippen molar-refractivity contribution in [1.29, 1.82) is 0 Å². The molecular weight excluding hydrogens is 526 g/mol. The van der Waals surface area contributed by atoms with E-state index in [2.05, 4.69) is 19.9 Å². The van der Waals surface area contributed by atoms with Crippen molar-refractivity contribution in [2.45, 2.75) is 71.9 Å². The van der Waals surface area contributed by atoms with Gasteiger partial charge in [-0.15, -0.1) is 0 Å². The molecule has 3 aromatic rings. The maximum Gasteiger partial charge on any atom is 0.410 e. The summed E-state index contributed by atoms with van der Waals surface area (Å²) in [6, 6.07) is 3.47. The summed E-state index contributed by atoms with van der Waals surface area (Å²) < 4.78 is 8.02. The zero-order chi connectivity index (χ0) is 29.5. The number of hydrogen-bond donors (Lipinski definition) is 1. The Kier molecular flexibility index (Phi) is 7.58. The van der Waals surface area contributed by atoms with Gasteiger partial charge in [-0.2, -0.15) is 14.7 Å². The van der Waals surface area contributed by atoms with Crippen LogP contribution in [0.3, 0.4) is 0 Å². The van der Waals surface area contributed by atoms with E-state index in [0.717, 1.165) is 36.1 Å². The van der Waals surface area contributed by atoms with Crippen molar-refractivity contribution in [2.75, 3.05) is 31.1 Å². The lowest BCUT2D eigenvalue weighted by Gasteiger charge is -2.36. The van der Waals surface area contributed by atoms with E-state index in [9.17, 15) is 19.6 Å². The monoisotopic (exact) mass is 563 g/mol. The highest BCUT2D eigenvalue weighted by Gasteiger charge is 2.27. The van der Waals surface area contributed by atoms with E-state index in [0.29, 0.717) is 42.8 Å². The molecule has 5 rings (SSSR count). The van der Waals surface area contributed by atoms with Gasteiger partial charge in [0, 0.05) is 43.8 Å². The van der Waals surface area contributed by atoms with Crippen LogP contribution in [0.2, 0.25) is 0 Å². The number of ketones is 1. The fourth-order valence-corrected chi connectivity index (χ4v) is 5.62. The number of aromatic nitrogens is 4. The van der Waals surface area contributed by atoms with E-state index < -0.39 is 5.60 Å². The Balaban J connectivity index is 1.43. The van der Waals surface area contributed by atoms with Crippen LogP contribution in [-0.2, 0) is 4.74 Å². The highest BCUT2D eigenvalue weighted by molar-refractivity contribution is 5.99. The summed E-state index contributed by atoms with van der Waals surface area (Å²) >= 11 is 0. The van der Waals surface area contributed by atoms with E-state index in [4.69, 9.17) is 4.74 Å². The quantitative estimate of drug-likeness (QED) is 0.375. The lowest BCUT2D eigenvalue weighted by Crippen LogP contribution is -2.50. The molecular formula is C29H37N7O5. The molecule has 3 aromatic heterocycles.